The number of hydrogen-bond acceptors (Lipinski definition) is 8. The van der Waals surface area contributed by atoms with Crippen LogP contribution in [0.25, 0.3) is 0 Å². The van der Waals surface area contributed by atoms with Crippen molar-refractivity contribution in [1.82, 2.24) is 14.1 Å². The van der Waals surface area contributed by atoms with Crippen molar-refractivity contribution in [3.05, 3.63) is 47.3 Å². The molecule has 1 N–H and O–H groups in total. The van der Waals surface area contributed by atoms with Crippen LogP contribution in [0.15, 0.2) is 46.0 Å². The molecule has 0 unspecified atom stereocenters. The fourth-order valence-corrected chi connectivity index (χ4v) is 7.52. The number of morpholine rings is 1. The van der Waals surface area contributed by atoms with Gasteiger partial charge in [0.2, 0.25) is 5.91 Å². The molecule has 204 valence electrons. The minimum absolute atomic E-state index is 0.0464. The molecule has 0 saturated carbocycles. The van der Waals surface area contributed by atoms with Crippen LogP contribution < -0.4 is 4.90 Å². The van der Waals surface area contributed by atoms with Crippen LogP contribution in [-0.4, -0.2) is 106 Å². The van der Waals surface area contributed by atoms with Crippen molar-refractivity contribution in [2.45, 2.75) is 42.2 Å². The maximum atomic E-state index is 13.4. The number of amides is 1. The van der Waals surface area contributed by atoms with E-state index >= 15 is 0 Å². The quantitative estimate of drug-likeness (QED) is 0.538. The molecule has 4 rings (SSSR count). The normalized spacial score (nSPS) is 22.2. The van der Waals surface area contributed by atoms with Gasteiger partial charge in [0.15, 0.2) is 0 Å². The third-order valence-electron chi connectivity index (χ3n) is 7.14. The Hall–Kier alpha value is -2.02. The first-order valence-electron chi connectivity index (χ1n) is 12.6. The Morgan fingerprint density at radius 3 is 2.49 bits per heavy atom. The van der Waals surface area contributed by atoms with Crippen molar-refractivity contribution in [3.8, 4) is 0 Å². The summed E-state index contributed by atoms with van der Waals surface area (Å²) in [5, 5.41) is 12.2. The van der Waals surface area contributed by atoms with E-state index in [1.54, 1.807) is 54.7 Å². The van der Waals surface area contributed by atoms with Crippen molar-refractivity contribution in [2.24, 2.45) is 0 Å². The number of carbonyl (C=O) groups is 1. The zero-order chi connectivity index (χ0) is 26.8. The Morgan fingerprint density at radius 1 is 1.14 bits per heavy atom. The Kier molecular flexibility index (Phi) is 8.61. The Bertz CT molecular complexity index is 1150. The average molecular weight is 551 g/mol. The molecule has 2 aliphatic heterocycles. The second-order valence-electron chi connectivity index (χ2n) is 10.5. The zero-order valence-electron chi connectivity index (χ0n) is 22.0. The van der Waals surface area contributed by atoms with Gasteiger partial charge in [-0.1, -0.05) is 18.2 Å². The molecule has 2 fully saturated rings. The van der Waals surface area contributed by atoms with Crippen molar-refractivity contribution >= 4 is 33.0 Å². The lowest BCUT2D eigenvalue weighted by molar-refractivity contribution is -0.131. The van der Waals surface area contributed by atoms with Gasteiger partial charge in [-0.3, -0.25) is 9.69 Å². The fraction of sp³-hybridized carbons (Fsp3) is 0.577. The molecule has 1 aromatic carbocycles. The molecule has 9 nitrogen and oxygen atoms in total. The summed E-state index contributed by atoms with van der Waals surface area (Å²) >= 11 is 1.24. The average Bonchev–Trinajstić information content (AvgIpc) is 3.41. The highest BCUT2D eigenvalue weighted by molar-refractivity contribution is 7.91. The number of nitrogens with zero attached hydrogens (tertiary/aromatic N) is 4. The molecule has 0 aliphatic carbocycles. The zero-order valence-corrected chi connectivity index (χ0v) is 23.7. The third-order valence-corrected chi connectivity index (χ3v) is 10.4. The number of ether oxygens (including phenoxy) is 1. The molecule has 3 heterocycles. The molecular formula is C26H38N4O5S2. The van der Waals surface area contributed by atoms with Crippen LogP contribution in [0.5, 0.6) is 0 Å². The Labute approximate surface area is 224 Å². The lowest BCUT2D eigenvalue weighted by Crippen LogP contribution is -2.60. The summed E-state index contributed by atoms with van der Waals surface area (Å²) < 4.78 is 34.4. The fourth-order valence-electron chi connectivity index (χ4n) is 4.91. The number of aliphatic hydroxyl groups is 1. The monoisotopic (exact) mass is 550 g/mol. The summed E-state index contributed by atoms with van der Waals surface area (Å²) in [5.41, 5.74) is 0.869. The highest BCUT2D eigenvalue weighted by atomic mass is 32.2. The maximum Gasteiger partial charge on any atom is 0.252 e. The van der Waals surface area contributed by atoms with Gasteiger partial charge in [0.05, 0.1) is 24.9 Å². The van der Waals surface area contributed by atoms with Gasteiger partial charge in [-0.15, -0.1) is 11.3 Å². The van der Waals surface area contributed by atoms with E-state index in [4.69, 9.17) is 4.74 Å². The van der Waals surface area contributed by atoms with E-state index in [0.717, 1.165) is 11.3 Å². The molecule has 2 saturated heterocycles. The predicted molar refractivity (Wildman–Crippen MR) is 145 cm³/mol. The lowest BCUT2D eigenvalue weighted by atomic mass is 9.98. The molecule has 11 heteroatoms. The lowest BCUT2D eigenvalue weighted by Gasteiger charge is -2.46. The molecule has 0 radical (unpaired) electrons. The van der Waals surface area contributed by atoms with E-state index in [9.17, 15) is 18.3 Å². The Morgan fingerprint density at radius 2 is 1.86 bits per heavy atom. The molecule has 2 atom stereocenters. The van der Waals surface area contributed by atoms with E-state index in [1.165, 1.54) is 11.3 Å². The van der Waals surface area contributed by atoms with Crippen LogP contribution in [0.3, 0.4) is 0 Å². The predicted octanol–water partition coefficient (Wildman–Crippen LogP) is 2.03. The Balaban J connectivity index is 1.60. The highest BCUT2D eigenvalue weighted by Gasteiger charge is 2.37. The van der Waals surface area contributed by atoms with E-state index in [1.807, 2.05) is 24.3 Å². The van der Waals surface area contributed by atoms with Crippen molar-refractivity contribution in [1.29, 1.82) is 0 Å². The van der Waals surface area contributed by atoms with Crippen LogP contribution in [0, 0.1) is 0 Å². The van der Waals surface area contributed by atoms with Gasteiger partial charge in [-0.2, -0.15) is 4.31 Å². The van der Waals surface area contributed by atoms with Crippen LogP contribution in [0.1, 0.15) is 25.8 Å². The first-order valence-corrected chi connectivity index (χ1v) is 14.9. The van der Waals surface area contributed by atoms with Crippen LogP contribution in [-0.2, 0) is 25.2 Å². The smallest absolute Gasteiger partial charge is 0.252 e. The number of thiophene rings is 1. The van der Waals surface area contributed by atoms with E-state index in [-0.39, 0.29) is 18.0 Å². The number of piperazine rings is 1. The van der Waals surface area contributed by atoms with Gasteiger partial charge in [0.1, 0.15) is 4.21 Å². The largest absolute Gasteiger partial charge is 0.386 e. The van der Waals surface area contributed by atoms with Gasteiger partial charge in [-0.25, -0.2) is 8.42 Å². The van der Waals surface area contributed by atoms with Crippen LogP contribution >= 0.6 is 11.3 Å². The molecular weight excluding hydrogens is 512 g/mol. The van der Waals surface area contributed by atoms with Crippen molar-refractivity contribution in [2.75, 3.05) is 64.9 Å². The second-order valence-corrected chi connectivity index (χ2v) is 13.6. The van der Waals surface area contributed by atoms with Gasteiger partial charge in [0, 0.05) is 65.0 Å². The molecule has 1 aromatic heterocycles. The SMILES string of the molecule is CN(C)C(=O)C[C@H]1COCCN1C[C@H]1CN(S(=O)(=O)c2cccs2)CCN1c1ccc(C(C)(C)O)cc1. The molecule has 0 spiro atoms. The first kappa shape index (κ1) is 28.0. The first-order chi connectivity index (χ1) is 17.5. The number of rotatable bonds is 8. The summed E-state index contributed by atoms with van der Waals surface area (Å²) in [7, 11) is -0.0721. The van der Waals surface area contributed by atoms with Crippen molar-refractivity contribution < 1.29 is 23.1 Å². The number of sulfonamides is 1. The number of hydrogen-bond donors (Lipinski definition) is 1. The van der Waals surface area contributed by atoms with Gasteiger partial charge < -0.3 is 19.6 Å². The number of anilines is 1. The summed E-state index contributed by atoms with van der Waals surface area (Å²) in [6.07, 6.45) is 0.358. The standard InChI is InChI=1S/C26H38N4O5S2/c1-26(2,32)20-7-9-21(10-8-20)30-12-11-29(37(33,34)25-6-5-15-36-25)18-23(30)17-28-13-14-35-19-22(28)16-24(31)27(3)4/h5-10,15,22-23,32H,11-14,16-19H2,1-4H3/t22-,23-/m0/s1. The van der Waals surface area contributed by atoms with E-state index in [2.05, 4.69) is 9.80 Å². The molecule has 37 heavy (non-hydrogen) atoms. The van der Waals surface area contributed by atoms with Crippen molar-refractivity contribution in [3.63, 3.8) is 0 Å². The molecule has 2 aromatic rings. The third kappa shape index (κ3) is 6.52. The molecule has 1 amide bonds. The van der Waals surface area contributed by atoms with Gasteiger partial charge in [-0.05, 0) is 43.0 Å². The summed E-state index contributed by atoms with van der Waals surface area (Å²) in [6, 6.07) is 11.1. The molecule has 2 aliphatic rings. The van der Waals surface area contributed by atoms with Gasteiger partial charge in [0.25, 0.3) is 10.0 Å². The van der Waals surface area contributed by atoms with Crippen LogP contribution in [0.2, 0.25) is 0 Å². The maximum absolute atomic E-state index is 13.4. The minimum atomic E-state index is -3.58. The summed E-state index contributed by atoms with van der Waals surface area (Å²) in [6.45, 7) is 7.14. The summed E-state index contributed by atoms with van der Waals surface area (Å²) in [4.78, 5) is 18.6. The second kappa shape index (κ2) is 11.4. The minimum Gasteiger partial charge on any atom is -0.386 e. The number of carbonyl (C=O) groups excluding carboxylic acids is 1. The highest BCUT2D eigenvalue weighted by Crippen LogP contribution is 2.29. The molecule has 0 bridgehead atoms. The van der Waals surface area contributed by atoms with E-state index in [0.29, 0.717) is 56.6 Å². The van der Waals surface area contributed by atoms with E-state index < -0.39 is 15.6 Å². The topological polar surface area (TPSA) is 93.6 Å². The number of benzene rings is 1. The van der Waals surface area contributed by atoms with Gasteiger partial charge >= 0.3 is 0 Å². The summed E-state index contributed by atoms with van der Waals surface area (Å²) in [5.74, 6) is 0.0464. The van der Waals surface area contributed by atoms with Crippen LogP contribution in [0.4, 0.5) is 5.69 Å².